The van der Waals surface area contributed by atoms with Crippen LogP contribution in [0.15, 0.2) is 0 Å². The number of aliphatic hydroxyl groups excluding tert-OH is 1. The number of carbonyl (C=O) groups is 2. The molecule has 0 fully saturated rings. The van der Waals surface area contributed by atoms with Crippen molar-refractivity contribution in [3.05, 3.63) is 0 Å². The Morgan fingerprint density at radius 3 is 2.00 bits per heavy atom. The van der Waals surface area contributed by atoms with E-state index in [0.29, 0.717) is 13.0 Å². The lowest BCUT2D eigenvalue weighted by Gasteiger charge is -2.09. The van der Waals surface area contributed by atoms with E-state index in [1.54, 1.807) is 6.92 Å². The van der Waals surface area contributed by atoms with Crippen molar-refractivity contribution in [3.63, 3.8) is 0 Å². The fraction of sp³-hybridized carbons (Fsp3) is 0.875. The minimum atomic E-state index is -0.712. The molecule has 0 aromatic heterocycles. The predicted octanol–water partition coefficient (Wildman–Crippen LogP) is 3.29. The molecule has 0 saturated carbocycles. The number of rotatable bonds is 14. The predicted molar refractivity (Wildman–Crippen MR) is 81.1 cm³/mol. The van der Waals surface area contributed by atoms with Gasteiger partial charge < -0.3 is 14.9 Å². The summed E-state index contributed by atoms with van der Waals surface area (Å²) in [6, 6.07) is 0. The van der Waals surface area contributed by atoms with Gasteiger partial charge >= 0.3 is 11.9 Å². The van der Waals surface area contributed by atoms with Gasteiger partial charge in [-0.3, -0.25) is 9.59 Å². The minimum Gasteiger partial charge on any atom is -0.481 e. The molecule has 5 nitrogen and oxygen atoms in total. The Bertz CT molecular complexity index is 278. The molecule has 5 heteroatoms. The third-order valence-electron chi connectivity index (χ3n) is 3.39. The first-order valence-corrected chi connectivity index (χ1v) is 8.11. The Labute approximate surface area is 127 Å². The average molecular weight is 302 g/mol. The molecule has 0 bridgehead atoms. The van der Waals surface area contributed by atoms with Gasteiger partial charge in [0, 0.05) is 6.42 Å². The largest absolute Gasteiger partial charge is 0.481 e. The zero-order valence-corrected chi connectivity index (χ0v) is 13.2. The number of carboxylic acid groups (broad SMARTS) is 1. The molecule has 0 aliphatic carbocycles. The van der Waals surface area contributed by atoms with Gasteiger partial charge in [0.15, 0.2) is 0 Å². The summed E-state index contributed by atoms with van der Waals surface area (Å²) < 4.78 is 4.78. The van der Waals surface area contributed by atoms with Crippen molar-refractivity contribution in [3.8, 4) is 0 Å². The normalized spacial score (nSPS) is 12.1. The molecular weight excluding hydrogens is 272 g/mol. The Morgan fingerprint density at radius 2 is 1.48 bits per heavy atom. The van der Waals surface area contributed by atoms with E-state index < -0.39 is 12.1 Å². The molecule has 0 heterocycles. The van der Waals surface area contributed by atoms with Gasteiger partial charge in [-0.2, -0.15) is 0 Å². The summed E-state index contributed by atoms with van der Waals surface area (Å²) in [5.74, 6) is -1.04. The SMILES string of the molecule is CCOC(=O)CC(O)CCCCCCCCCCC(=O)O. The lowest BCUT2D eigenvalue weighted by atomic mass is 10.0. The number of carbonyl (C=O) groups excluding carboxylic acids is 1. The maximum Gasteiger partial charge on any atom is 0.308 e. The standard InChI is InChI=1S/C16H30O5/c1-2-21-16(20)13-14(17)11-9-7-5-3-4-6-8-10-12-15(18)19/h14,17H,2-13H2,1H3,(H,18,19). The average Bonchev–Trinajstić information content (AvgIpc) is 2.40. The fourth-order valence-electron chi connectivity index (χ4n) is 2.23. The lowest BCUT2D eigenvalue weighted by Crippen LogP contribution is -2.15. The Hall–Kier alpha value is -1.10. The topological polar surface area (TPSA) is 83.8 Å². The first-order valence-electron chi connectivity index (χ1n) is 8.11. The van der Waals surface area contributed by atoms with Crippen molar-refractivity contribution < 1.29 is 24.5 Å². The number of esters is 1. The van der Waals surface area contributed by atoms with Crippen LogP contribution < -0.4 is 0 Å². The number of hydrogen-bond donors (Lipinski definition) is 2. The highest BCUT2D eigenvalue weighted by atomic mass is 16.5. The summed E-state index contributed by atoms with van der Waals surface area (Å²) in [7, 11) is 0. The third-order valence-corrected chi connectivity index (χ3v) is 3.39. The molecule has 0 rings (SSSR count). The van der Waals surface area contributed by atoms with Crippen LogP contribution in [0, 0.1) is 0 Å². The second kappa shape index (κ2) is 13.9. The van der Waals surface area contributed by atoms with Crippen LogP contribution >= 0.6 is 0 Å². The molecular formula is C16H30O5. The molecule has 21 heavy (non-hydrogen) atoms. The van der Waals surface area contributed by atoms with Crippen molar-refractivity contribution >= 4 is 11.9 Å². The minimum absolute atomic E-state index is 0.0947. The smallest absolute Gasteiger partial charge is 0.308 e. The maximum absolute atomic E-state index is 11.1. The Balaban J connectivity index is 3.24. The quantitative estimate of drug-likeness (QED) is 0.380. The van der Waals surface area contributed by atoms with E-state index in [4.69, 9.17) is 9.84 Å². The van der Waals surface area contributed by atoms with E-state index in [1.165, 1.54) is 0 Å². The summed E-state index contributed by atoms with van der Waals surface area (Å²) in [6.45, 7) is 2.12. The molecule has 0 saturated heterocycles. The van der Waals surface area contributed by atoms with E-state index >= 15 is 0 Å². The van der Waals surface area contributed by atoms with Crippen LogP contribution in [0.4, 0.5) is 0 Å². The van der Waals surface area contributed by atoms with Crippen molar-refractivity contribution in [1.82, 2.24) is 0 Å². The number of ether oxygens (including phenoxy) is 1. The van der Waals surface area contributed by atoms with Gasteiger partial charge in [-0.15, -0.1) is 0 Å². The van der Waals surface area contributed by atoms with Crippen LogP contribution in [0.3, 0.4) is 0 Å². The molecule has 1 atom stereocenters. The first kappa shape index (κ1) is 19.9. The third kappa shape index (κ3) is 15.1. The molecule has 124 valence electrons. The number of carboxylic acids is 1. The summed E-state index contributed by atoms with van der Waals surface area (Å²) >= 11 is 0. The summed E-state index contributed by atoms with van der Waals surface area (Å²) in [6.07, 6.45) is 8.72. The number of aliphatic carboxylic acids is 1. The van der Waals surface area contributed by atoms with Crippen LogP contribution in [0.25, 0.3) is 0 Å². The highest BCUT2D eigenvalue weighted by Gasteiger charge is 2.10. The van der Waals surface area contributed by atoms with Gasteiger partial charge in [-0.05, 0) is 19.8 Å². The van der Waals surface area contributed by atoms with Crippen molar-refractivity contribution in [2.45, 2.75) is 83.7 Å². The monoisotopic (exact) mass is 302 g/mol. The second-order valence-corrected chi connectivity index (χ2v) is 5.42. The number of unbranched alkanes of at least 4 members (excludes halogenated alkanes) is 7. The first-order chi connectivity index (χ1) is 10.1. The van der Waals surface area contributed by atoms with E-state index in [9.17, 15) is 14.7 Å². The summed E-state index contributed by atoms with van der Waals surface area (Å²) in [5, 5.41) is 18.1. The van der Waals surface area contributed by atoms with Gasteiger partial charge in [0.2, 0.25) is 0 Å². The highest BCUT2D eigenvalue weighted by Crippen LogP contribution is 2.12. The molecule has 1 unspecified atom stereocenters. The zero-order chi connectivity index (χ0) is 15.9. The number of aliphatic hydroxyl groups is 1. The molecule has 0 aromatic rings. The van der Waals surface area contributed by atoms with Crippen LogP contribution in [-0.2, 0) is 14.3 Å². The fourth-order valence-corrected chi connectivity index (χ4v) is 2.23. The number of hydrogen-bond acceptors (Lipinski definition) is 4. The summed E-state index contributed by atoms with van der Waals surface area (Å²) in [4.78, 5) is 21.5. The van der Waals surface area contributed by atoms with Gasteiger partial charge in [-0.1, -0.05) is 44.9 Å². The maximum atomic E-state index is 11.1. The summed E-state index contributed by atoms with van der Waals surface area (Å²) in [5.41, 5.74) is 0. The van der Waals surface area contributed by atoms with E-state index in [2.05, 4.69) is 0 Å². The molecule has 0 aliphatic rings. The van der Waals surface area contributed by atoms with Crippen molar-refractivity contribution in [1.29, 1.82) is 0 Å². The van der Waals surface area contributed by atoms with E-state index in [0.717, 1.165) is 51.4 Å². The van der Waals surface area contributed by atoms with Crippen LogP contribution in [-0.4, -0.2) is 34.9 Å². The Kier molecular flexibility index (Phi) is 13.1. The van der Waals surface area contributed by atoms with Gasteiger partial charge in [0.1, 0.15) is 0 Å². The molecule has 0 spiro atoms. The van der Waals surface area contributed by atoms with E-state index in [1.807, 2.05) is 0 Å². The van der Waals surface area contributed by atoms with E-state index in [-0.39, 0.29) is 18.8 Å². The lowest BCUT2D eigenvalue weighted by molar-refractivity contribution is -0.145. The highest BCUT2D eigenvalue weighted by molar-refractivity contribution is 5.69. The molecule has 0 aliphatic heterocycles. The van der Waals surface area contributed by atoms with Crippen molar-refractivity contribution in [2.24, 2.45) is 0 Å². The van der Waals surface area contributed by atoms with Gasteiger partial charge in [-0.25, -0.2) is 0 Å². The van der Waals surface area contributed by atoms with Crippen LogP contribution in [0.5, 0.6) is 0 Å². The van der Waals surface area contributed by atoms with Gasteiger partial charge in [0.25, 0.3) is 0 Å². The van der Waals surface area contributed by atoms with Crippen molar-refractivity contribution in [2.75, 3.05) is 6.61 Å². The molecule has 0 radical (unpaired) electrons. The molecule has 2 N–H and O–H groups in total. The van der Waals surface area contributed by atoms with Gasteiger partial charge in [0.05, 0.1) is 19.1 Å². The molecule has 0 amide bonds. The van der Waals surface area contributed by atoms with Crippen LogP contribution in [0.2, 0.25) is 0 Å². The van der Waals surface area contributed by atoms with Crippen LogP contribution in [0.1, 0.15) is 77.6 Å². The Morgan fingerprint density at radius 1 is 0.952 bits per heavy atom. The molecule has 0 aromatic carbocycles. The zero-order valence-electron chi connectivity index (χ0n) is 13.2. The second-order valence-electron chi connectivity index (χ2n) is 5.42.